The minimum absolute atomic E-state index is 0.192. The van der Waals surface area contributed by atoms with Crippen molar-refractivity contribution in [3.63, 3.8) is 0 Å². The Hall–Kier alpha value is -1.43. The Labute approximate surface area is 94.2 Å². The van der Waals surface area contributed by atoms with Crippen LogP contribution in [-0.2, 0) is 6.42 Å². The highest BCUT2D eigenvalue weighted by Crippen LogP contribution is 2.05. The Bertz CT molecular complexity index is 356. The molecule has 0 saturated carbocycles. The first-order valence-electron chi connectivity index (χ1n) is 5.69. The number of amides is 1. The van der Waals surface area contributed by atoms with Crippen molar-refractivity contribution in [2.75, 3.05) is 19.6 Å². The lowest BCUT2D eigenvalue weighted by Gasteiger charge is -2.07. The molecule has 0 aliphatic carbocycles. The molecule has 1 aromatic heterocycles. The van der Waals surface area contributed by atoms with Crippen LogP contribution in [0.3, 0.4) is 0 Å². The Morgan fingerprint density at radius 3 is 3.12 bits per heavy atom. The summed E-state index contributed by atoms with van der Waals surface area (Å²) < 4.78 is 0. The minimum Gasteiger partial charge on any atom is -0.349 e. The molecule has 1 fully saturated rings. The maximum absolute atomic E-state index is 11.7. The SMILES string of the molecule is CCc1nc(C(=O)NCC2CCNC2)n[nH]1. The number of nitrogens with one attached hydrogen (secondary N) is 3. The Morgan fingerprint density at radius 2 is 2.50 bits per heavy atom. The van der Waals surface area contributed by atoms with Gasteiger partial charge in [0.1, 0.15) is 5.82 Å². The van der Waals surface area contributed by atoms with Crippen LogP contribution in [-0.4, -0.2) is 40.7 Å². The van der Waals surface area contributed by atoms with Gasteiger partial charge in [-0.2, -0.15) is 0 Å². The minimum atomic E-state index is -0.192. The third-order valence-corrected chi connectivity index (χ3v) is 2.78. The second kappa shape index (κ2) is 5.07. The summed E-state index contributed by atoms with van der Waals surface area (Å²) >= 11 is 0. The number of aromatic nitrogens is 3. The molecule has 1 aromatic rings. The fourth-order valence-corrected chi connectivity index (χ4v) is 1.76. The molecule has 6 heteroatoms. The molecule has 0 bridgehead atoms. The van der Waals surface area contributed by atoms with E-state index < -0.39 is 0 Å². The average molecular weight is 223 g/mol. The molecule has 1 unspecified atom stereocenters. The molecule has 1 aliphatic heterocycles. The zero-order chi connectivity index (χ0) is 11.4. The molecule has 0 radical (unpaired) electrons. The zero-order valence-corrected chi connectivity index (χ0v) is 9.42. The van der Waals surface area contributed by atoms with Crippen molar-refractivity contribution in [3.8, 4) is 0 Å². The number of rotatable bonds is 4. The Morgan fingerprint density at radius 1 is 1.62 bits per heavy atom. The predicted molar refractivity (Wildman–Crippen MR) is 59.1 cm³/mol. The lowest BCUT2D eigenvalue weighted by Crippen LogP contribution is -2.30. The summed E-state index contributed by atoms with van der Waals surface area (Å²) in [6.45, 7) is 4.68. The van der Waals surface area contributed by atoms with Gasteiger partial charge in [-0.3, -0.25) is 9.89 Å². The number of aromatic amines is 1. The molecule has 6 nitrogen and oxygen atoms in total. The molecule has 1 saturated heterocycles. The van der Waals surface area contributed by atoms with Gasteiger partial charge in [-0.1, -0.05) is 6.92 Å². The van der Waals surface area contributed by atoms with Crippen molar-refractivity contribution in [3.05, 3.63) is 11.6 Å². The highest BCUT2D eigenvalue weighted by atomic mass is 16.2. The molecule has 0 spiro atoms. The van der Waals surface area contributed by atoms with E-state index in [0.717, 1.165) is 31.8 Å². The van der Waals surface area contributed by atoms with Gasteiger partial charge in [0.2, 0.25) is 5.82 Å². The Balaban J connectivity index is 1.82. The molecular formula is C10H17N5O. The van der Waals surface area contributed by atoms with E-state index in [0.29, 0.717) is 12.5 Å². The molecule has 1 aliphatic rings. The van der Waals surface area contributed by atoms with Crippen molar-refractivity contribution in [2.24, 2.45) is 5.92 Å². The third kappa shape index (κ3) is 2.57. The molecule has 1 amide bonds. The van der Waals surface area contributed by atoms with Crippen LogP contribution in [0.2, 0.25) is 0 Å². The highest BCUT2D eigenvalue weighted by molar-refractivity contribution is 5.90. The Kier molecular flexibility index (Phi) is 3.51. The molecule has 2 heterocycles. The molecule has 16 heavy (non-hydrogen) atoms. The second-order valence-electron chi connectivity index (χ2n) is 4.03. The topological polar surface area (TPSA) is 82.7 Å². The van der Waals surface area contributed by atoms with Gasteiger partial charge in [-0.05, 0) is 25.4 Å². The number of H-pyrrole nitrogens is 1. The van der Waals surface area contributed by atoms with E-state index in [1.807, 2.05) is 6.92 Å². The van der Waals surface area contributed by atoms with E-state index in [1.165, 1.54) is 0 Å². The van der Waals surface area contributed by atoms with Crippen LogP contribution in [0, 0.1) is 5.92 Å². The van der Waals surface area contributed by atoms with Gasteiger partial charge in [0.15, 0.2) is 0 Å². The van der Waals surface area contributed by atoms with Gasteiger partial charge in [0.05, 0.1) is 0 Å². The summed E-state index contributed by atoms with van der Waals surface area (Å²) in [5.41, 5.74) is 0. The standard InChI is InChI=1S/C10H17N5O/c1-2-8-13-9(15-14-8)10(16)12-6-7-3-4-11-5-7/h7,11H,2-6H2,1H3,(H,12,16)(H,13,14,15). The normalized spacial score (nSPS) is 19.9. The van der Waals surface area contributed by atoms with Crippen molar-refractivity contribution in [2.45, 2.75) is 19.8 Å². The van der Waals surface area contributed by atoms with Gasteiger partial charge in [-0.25, -0.2) is 4.98 Å². The van der Waals surface area contributed by atoms with E-state index in [9.17, 15) is 4.79 Å². The van der Waals surface area contributed by atoms with E-state index in [4.69, 9.17) is 0 Å². The van der Waals surface area contributed by atoms with Crippen LogP contribution >= 0.6 is 0 Å². The number of carbonyl (C=O) groups is 1. The number of nitrogens with zero attached hydrogens (tertiary/aromatic N) is 2. The van der Waals surface area contributed by atoms with E-state index in [2.05, 4.69) is 25.8 Å². The molecule has 2 rings (SSSR count). The molecule has 3 N–H and O–H groups in total. The fraction of sp³-hybridized carbons (Fsp3) is 0.700. The fourth-order valence-electron chi connectivity index (χ4n) is 1.76. The highest BCUT2D eigenvalue weighted by Gasteiger charge is 2.17. The molecule has 1 atom stereocenters. The summed E-state index contributed by atoms with van der Waals surface area (Å²) in [4.78, 5) is 15.7. The smallest absolute Gasteiger partial charge is 0.290 e. The maximum atomic E-state index is 11.7. The first kappa shape index (κ1) is 11.1. The first-order chi connectivity index (χ1) is 7.79. The number of aryl methyl sites for hydroxylation is 1. The van der Waals surface area contributed by atoms with Gasteiger partial charge < -0.3 is 10.6 Å². The summed E-state index contributed by atoms with van der Waals surface area (Å²) in [6, 6.07) is 0. The quantitative estimate of drug-likeness (QED) is 0.655. The van der Waals surface area contributed by atoms with Crippen LogP contribution in [0.1, 0.15) is 29.8 Å². The van der Waals surface area contributed by atoms with Crippen LogP contribution in [0.25, 0.3) is 0 Å². The van der Waals surface area contributed by atoms with E-state index in [-0.39, 0.29) is 11.7 Å². The van der Waals surface area contributed by atoms with E-state index in [1.54, 1.807) is 0 Å². The summed E-state index contributed by atoms with van der Waals surface area (Å²) in [5.74, 6) is 1.33. The second-order valence-corrected chi connectivity index (χ2v) is 4.03. The predicted octanol–water partition coefficient (Wildman–Crippen LogP) is -0.294. The van der Waals surface area contributed by atoms with Gasteiger partial charge in [0.25, 0.3) is 5.91 Å². The maximum Gasteiger partial charge on any atom is 0.290 e. The zero-order valence-electron chi connectivity index (χ0n) is 9.42. The lowest BCUT2D eigenvalue weighted by molar-refractivity contribution is 0.0938. The summed E-state index contributed by atoms with van der Waals surface area (Å²) in [7, 11) is 0. The summed E-state index contributed by atoms with van der Waals surface area (Å²) in [5, 5.41) is 12.7. The van der Waals surface area contributed by atoms with E-state index >= 15 is 0 Å². The first-order valence-corrected chi connectivity index (χ1v) is 5.69. The monoisotopic (exact) mass is 223 g/mol. The number of hydrogen-bond acceptors (Lipinski definition) is 4. The molecular weight excluding hydrogens is 206 g/mol. The van der Waals surface area contributed by atoms with Crippen LogP contribution in [0.15, 0.2) is 0 Å². The average Bonchev–Trinajstić information content (AvgIpc) is 2.96. The van der Waals surface area contributed by atoms with Crippen LogP contribution in [0.4, 0.5) is 0 Å². The molecule has 0 aromatic carbocycles. The summed E-state index contributed by atoms with van der Waals surface area (Å²) in [6.07, 6.45) is 1.88. The van der Waals surface area contributed by atoms with Gasteiger partial charge >= 0.3 is 0 Å². The van der Waals surface area contributed by atoms with Gasteiger partial charge in [0, 0.05) is 13.0 Å². The number of carbonyl (C=O) groups excluding carboxylic acids is 1. The van der Waals surface area contributed by atoms with Crippen LogP contribution in [0.5, 0.6) is 0 Å². The van der Waals surface area contributed by atoms with Crippen molar-refractivity contribution < 1.29 is 4.79 Å². The molecule has 88 valence electrons. The largest absolute Gasteiger partial charge is 0.349 e. The van der Waals surface area contributed by atoms with Gasteiger partial charge in [-0.15, -0.1) is 5.10 Å². The van der Waals surface area contributed by atoms with Crippen molar-refractivity contribution >= 4 is 5.91 Å². The third-order valence-electron chi connectivity index (χ3n) is 2.78. The van der Waals surface area contributed by atoms with Crippen molar-refractivity contribution in [1.29, 1.82) is 0 Å². The van der Waals surface area contributed by atoms with Crippen molar-refractivity contribution in [1.82, 2.24) is 25.8 Å². The lowest BCUT2D eigenvalue weighted by atomic mass is 10.1. The van der Waals surface area contributed by atoms with Crippen LogP contribution < -0.4 is 10.6 Å². The number of hydrogen-bond donors (Lipinski definition) is 3.